The van der Waals surface area contributed by atoms with E-state index in [1.165, 1.54) is 0 Å². The number of pyridine rings is 1. The van der Waals surface area contributed by atoms with Gasteiger partial charge in [-0.2, -0.15) is 13.2 Å². The molecule has 1 fully saturated rings. The van der Waals surface area contributed by atoms with E-state index < -0.39 is 23.9 Å². The van der Waals surface area contributed by atoms with Crippen molar-refractivity contribution >= 4 is 29.8 Å². The molecule has 0 unspecified atom stereocenters. The highest BCUT2D eigenvalue weighted by Crippen LogP contribution is 2.34. The van der Waals surface area contributed by atoms with E-state index in [1.54, 1.807) is 4.90 Å². The summed E-state index contributed by atoms with van der Waals surface area (Å²) < 4.78 is 37.5. The molecule has 3 N–H and O–H groups in total. The molecule has 2 heterocycles. The van der Waals surface area contributed by atoms with Gasteiger partial charge in [-0.05, 0) is 12.5 Å². The van der Waals surface area contributed by atoms with E-state index in [-0.39, 0.29) is 23.2 Å². The van der Waals surface area contributed by atoms with E-state index in [2.05, 4.69) is 4.98 Å². The lowest BCUT2D eigenvalue weighted by Crippen LogP contribution is -2.51. The molecule has 0 aromatic carbocycles. The van der Waals surface area contributed by atoms with Crippen LogP contribution in [0.2, 0.25) is 5.02 Å². The summed E-state index contributed by atoms with van der Waals surface area (Å²) in [7, 11) is 0. The lowest BCUT2D eigenvalue weighted by molar-refractivity contribution is -0.137. The number of anilines is 1. The number of aliphatic hydroxyl groups is 1. The van der Waals surface area contributed by atoms with Crippen LogP contribution >= 0.6 is 24.0 Å². The summed E-state index contributed by atoms with van der Waals surface area (Å²) >= 11 is 5.85. The van der Waals surface area contributed by atoms with Crippen LogP contribution in [0.4, 0.5) is 19.0 Å². The summed E-state index contributed by atoms with van der Waals surface area (Å²) in [6.07, 6.45) is -3.90. The van der Waals surface area contributed by atoms with E-state index in [1.807, 2.05) is 0 Å². The van der Waals surface area contributed by atoms with Crippen molar-refractivity contribution in [1.82, 2.24) is 4.98 Å². The number of alkyl halides is 3. The summed E-state index contributed by atoms with van der Waals surface area (Å²) in [6.45, 7) is 0.756. The van der Waals surface area contributed by atoms with Crippen LogP contribution in [-0.4, -0.2) is 35.3 Å². The Labute approximate surface area is 125 Å². The molecule has 1 saturated heterocycles. The summed E-state index contributed by atoms with van der Waals surface area (Å²) in [5, 5.41) is 9.44. The zero-order chi connectivity index (χ0) is 14.2. The second-order valence-corrected chi connectivity index (χ2v) is 4.90. The third-order valence-corrected chi connectivity index (χ3v) is 3.35. The Kier molecular flexibility index (Phi) is 5.48. The molecule has 0 amide bonds. The van der Waals surface area contributed by atoms with Gasteiger partial charge in [0.05, 0.1) is 16.7 Å². The Balaban J connectivity index is 0.00000200. The monoisotopic (exact) mass is 331 g/mol. The standard InChI is InChI=1S/C11H13ClF3N3O.ClH/c12-7-3-6(11(13,14)15)4-17-10(7)18-2-1-9(19)8(16)5-18;/h3-4,8-9,19H,1-2,5,16H2;1H/t8-,9-;/m0./s1. The van der Waals surface area contributed by atoms with Gasteiger partial charge < -0.3 is 15.7 Å². The first-order valence-corrected chi connectivity index (χ1v) is 6.08. The van der Waals surface area contributed by atoms with Crippen LogP contribution in [-0.2, 0) is 6.18 Å². The van der Waals surface area contributed by atoms with Gasteiger partial charge in [-0.3, -0.25) is 0 Å². The van der Waals surface area contributed by atoms with E-state index in [9.17, 15) is 18.3 Å². The number of nitrogens with two attached hydrogens (primary N) is 1. The van der Waals surface area contributed by atoms with Crippen LogP contribution in [0.3, 0.4) is 0 Å². The van der Waals surface area contributed by atoms with Crippen molar-refractivity contribution in [2.45, 2.75) is 24.7 Å². The van der Waals surface area contributed by atoms with Crippen molar-refractivity contribution in [2.24, 2.45) is 5.73 Å². The number of hydrogen-bond donors (Lipinski definition) is 2. The highest BCUT2D eigenvalue weighted by molar-refractivity contribution is 6.33. The van der Waals surface area contributed by atoms with Crippen LogP contribution in [0.5, 0.6) is 0 Å². The van der Waals surface area contributed by atoms with Crippen LogP contribution in [0.15, 0.2) is 12.3 Å². The van der Waals surface area contributed by atoms with Crippen molar-refractivity contribution in [2.75, 3.05) is 18.0 Å². The zero-order valence-electron chi connectivity index (χ0n) is 10.3. The van der Waals surface area contributed by atoms with Gasteiger partial charge in [0.2, 0.25) is 0 Å². The number of hydrogen-bond acceptors (Lipinski definition) is 4. The van der Waals surface area contributed by atoms with E-state index >= 15 is 0 Å². The number of nitrogens with zero attached hydrogens (tertiary/aromatic N) is 2. The largest absolute Gasteiger partial charge is 0.417 e. The molecule has 1 aromatic heterocycles. The SMILES string of the molecule is Cl.N[C@H]1CN(c2ncc(C(F)(F)F)cc2Cl)CC[C@@H]1O. The molecule has 1 aliphatic heterocycles. The Morgan fingerprint density at radius 3 is 2.60 bits per heavy atom. The molecule has 0 saturated carbocycles. The van der Waals surface area contributed by atoms with Crippen molar-refractivity contribution in [3.63, 3.8) is 0 Å². The highest BCUT2D eigenvalue weighted by Gasteiger charge is 2.33. The lowest BCUT2D eigenvalue weighted by atomic mass is 10.0. The average Bonchev–Trinajstić information content (AvgIpc) is 2.31. The maximum atomic E-state index is 12.5. The minimum Gasteiger partial charge on any atom is -0.391 e. The quantitative estimate of drug-likeness (QED) is 0.827. The second kappa shape index (κ2) is 6.34. The van der Waals surface area contributed by atoms with Crippen molar-refractivity contribution < 1.29 is 18.3 Å². The lowest BCUT2D eigenvalue weighted by Gasteiger charge is -2.35. The normalized spacial score (nSPS) is 23.4. The molecule has 2 rings (SSSR count). The molecule has 0 bridgehead atoms. The first kappa shape index (κ1) is 17.3. The number of aliphatic hydroxyl groups excluding tert-OH is 1. The maximum absolute atomic E-state index is 12.5. The highest BCUT2D eigenvalue weighted by atomic mass is 35.5. The Morgan fingerprint density at radius 2 is 2.10 bits per heavy atom. The van der Waals surface area contributed by atoms with E-state index in [0.29, 0.717) is 19.5 Å². The van der Waals surface area contributed by atoms with Crippen LogP contribution in [0, 0.1) is 0 Å². The van der Waals surface area contributed by atoms with Gasteiger partial charge in [0, 0.05) is 25.3 Å². The smallest absolute Gasteiger partial charge is 0.391 e. The fourth-order valence-electron chi connectivity index (χ4n) is 1.98. The van der Waals surface area contributed by atoms with Gasteiger partial charge in [-0.15, -0.1) is 12.4 Å². The molecular weight excluding hydrogens is 318 g/mol. The van der Waals surface area contributed by atoms with Crippen molar-refractivity contribution in [1.29, 1.82) is 0 Å². The Bertz CT molecular complexity index is 473. The first-order valence-electron chi connectivity index (χ1n) is 5.70. The fourth-order valence-corrected chi connectivity index (χ4v) is 2.27. The van der Waals surface area contributed by atoms with Gasteiger partial charge in [0.15, 0.2) is 0 Å². The molecule has 1 aromatic rings. The maximum Gasteiger partial charge on any atom is 0.417 e. The molecule has 0 radical (unpaired) electrons. The number of halogens is 5. The number of piperidine rings is 1. The predicted molar refractivity (Wildman–Crippen MR) is 72.3 cm³/mol. The minimum absolute atomic E-state index is 0. The Hall–Kier alpha value is -0.760. The number of aromatic nitrogens is 1. The minimum atomic E-state index is -4.47. The number of rotatable bonds is 1. The van der Waals surface area contributed by atoms with Gasteiger partial charge in [0.25, 0.3) is 0 Å². The Morgan fingerprint density at radius 1 is 1.45 bits per heavy atom. The van der Waals surface area contributed by atoms with Gasteiger partial charge >= 0.3 is 6.18 Å². The van der Waals surface area contributed by atoms with Crippen LogP contribution < -0.4 is 10.6 Å². The summed E-state index contributed by atoms with van der Waals surface area (Å²) in [5.74, 6) is 0.261. The zero-order valence-corrected chi connectivity index (χ0v) is 11.8. The predicted octanol–water partition coefficient (Wildman–Crippen LogP) is 2.07. The second-order valence-electron chi connectivity index (χ2n) is 4.49. The van der Waals surface area contributed by atoms with Gasteiger partial charge in [-0.1, -0.05) is 11.6 Å². The molecular formula is C11H14Cl2F3N3O. The van der Waals surface area contributed by atoms with Crippen LogP contribution in [0.25, 0.3) is 0 Å². The van der Waals surface area contributed by atoms with E-state index in [0.717, 1.165) is 12.3 Å². The molecule has 20 heavy (non-hydrogen) atoms. The topological polar surface area (TPSA) is 62.4 Å². The third kappa shape index (κ3) is 3.66. The molecule has 0 spiro atoms. The van der Waals surface area contributed by atoms with E-state index in [4.69, 9.17) is 17.3 Å². The van der Waals surface area contributed by atoms with Crippen molar-refractivity contribution in [3.8, 4) is 0 Å². The summed E-state index contributed by atoms with van der Waals surface area (Å²) in [5.41, 5.74) is 4.83. The molecule has 0 aliphatic carbocycles. The average molecular weight is 332 g/mol. The fraction of sp³-hybridized carbons (Fsp3) is 0.545. The molecule has 1 aliphatic rings. The third-order valence-electron chi connectivity index (χ3n) is 3.07. The molecule has 4 nitrogen and oxygen atoms in total. The van der Waals surface area contributed by atoms with Crippen molar-refractivity contribution in [3.05, 3.63) is 22.8 Å². The first-order chi connectivity index (χ1) is 8.79. The van der Waals surface area contributed by atoms with Gasteiger partial charge in [-0.25, -0.2) is 4.98 Å². The molecule has 2 atom stereocenters. The van der Waals surface area contributed by atoms with Crippen LogP contribution in [0.1, 0.15) is 12.0 Å². The van der Waals surface area contributed by atoms with Gasteiger partial charge in [0.1, 0.15) is 5.82 Å². The summed E-state index contributed by atoms with van der Waals surface area (Å²) in [6, 6.07) is 0.384. The summed E-state index contributed by atoms with van der Waals surface area (Å²) in [4.78, 5) is 5.45. The molecule has 114 valence electrons. The molecule has 9 heteroatoms.